The SMILES string of the molecule is CC1C(C)S(=O)(=O)CCN1Cc1cc(Br)cc2cccnc12. The third kappa shape index (κ3) is 2.92. The van der Waals surface area contributed by atoms with Crippen molar-refractivity contribution in [3.8, 4) is 0 Å². The Kier molecular flexibility index (Phi) is 4.27. The summed E-state index contributed by atoms with van der Waals surface area (Å²) in [4.78, 5) is 6.73. The number of hydrogen-bond donors (Lipinski definition) is 0. The molecule has 1 fully saturated rings. The summed E-state index contributed by atoms with van der Waals surface area (Å²) in [5.41, 5.74) is 2.11. The summed E-state index contributed by atoms with van der Waals surface area (Å²) >= 11 is 3.55. The van der Waals surface area contributed by atoms with Crippen LogP contribution in [0.3, 0.4) is 0 Å². The van der Waals surface area contributed by atoms with Gasteiger partial charge >= 0.3 is 0 Å². The van der Waals surface area contributed by atoms with Crippen LogP contribution in [-0.4, -0.2) is 41.9 Å². The van der Waals surface area contributed by atoms with Crippen LogP contribution in [-0.2, 0) is 16.4 Å². The lowest BCUT2D eigenvalue weighted by Gasteiger charge is -2.37. The minimum Gasteiger partial charge on any atom is -0.294 e. The molecule has 0 N–H and O–H groups in total. The van der Waals surface area contributed by atoms with Crippen LogP contribution < -0.4 is 0 Å². The fraction of sp³-hybridized carbons (Fsp3) is 0.438. The number of nitrogens with zero attached hydrogens (tertiary/aromatic N) is 2. The van der Waals surface area contributed by atoms with Gasteiger partial charge in [-0.1, -0.05) is 22.0 Å². The molecule has 1 aliphatic heterocycles. The number of halogens is 1. The van der Waals surface area contributed by atoms with Crippen LogP contribution >= 0.6 is 15.9 Å². The van der Waals surface area contributed by atoms with Crippen LogP contribution in [0.2, 0.25) is 0 Å². The first-order valence-corrected chi connectivity index (χ1v) is 9.88. The second kappa shape index (κ2) is 5.91. The number of aromatic nitrogens is 1. The highest BCUT2D eigenvalue weighted by atomic mass is 79.9. The van der Waals surface area contributed by atoms with E-state index >= 15 is 0 Å². The summed E-state index contributed by atoms with van der Waals surface area (Å²) in [7, 11) is -2.95. The second-order valence-electron chi connectivity index (χ2n) is 5.92. The predicted molar refractivity (Wildman–Crippen MR) is 92.6 cm³/mol. The summed E-state index contributed by atoms with van der Waals surface area (Å²) < 4.78 is 25.0. The molecule has 118 valence electrons. The number of benzene rings is 1. The van der Waals surface area contributed by atoms with Crippen molar-refractivity contribution in [2.24, 2.45) is 0 Å². The highest BCUT2D eigenvalue weighted by Gasteiger charge is 2.35. The molecule has 2 aromatic rings. The molecule has 6 heteroatoms. The Balaban J connectivity index is 1.94. The van der Waals surface area contributed by atoms with E-state index in [2.05, 4.69) is 37.9 Å². The fourth-order valence-electron chi connectivity index (χ4n) is 3.02. The average Bonchev–Trinajstić information content (AvgIpc) is 2.48. The molecule has 1 saturated heterocycles. The minimum absolute atomic E-state index is 0.0106. The Bertz CT molecular complexity index is 807. The van der Waals surface area contributed by atoms with E-state index in [4.69, 9.17) is 0 Å². The first-order valence-electron chi connectivity index (χ1n) is 7.37. The van der Waals surface area contributed by atoms with E-state index in [-0.39, 0.29) is 17.0 Å². The standard InChI is InChI=1S/C16H19BrN2O2S/c1-11-12(2)22(20,21)7-6-19(11)10-14-9-15(17)8-13-4-3-5-18-16(13)14/h3-5,8-9,11-12H,6-7,10H2,1-2H3. The van der Waals surface area contributed by atoms with Gasteiger partial charge in [-0.05, 0) is 37.6 Å². The van der Waals surface area contributed by atoms with Crippen molar-refractivity contribution in [2.45, 2.75) is 31.7 Å². The Morgan fingerprint density at radius 3 is 2.91 bits per heavy atom. The molecule has 1 aromatic carbocycles. The van der Waals surface area contributed by atoms with Crippen molar-refractivity contribution in [3.63, 3.8) is 0 Å². The van der Waals surface area contributed by atoms with Crippen LogP contribution in [0.1, 0.15) is 19.4 Å². The fourth-order valence-corrected chi connectivity index (χ4v) is 5.18. The zero-order chi connectivity index (χ0) is 15.9. The molecule has 0 saturated carbocycles. The molecule has 2 unspecified atom stereocenters. The normalized spacial score (nSPS) is 25.4. The molecular formula is C16H19BrN2O2S. The van der Waals surface area contributed by atoms with Gasteiger partial charge in [0.1, 0.15) is 0 Å². The van der Waals surface area contributed by atoms with Crippen LogP contribution in [0.5, 0.6) is 0 Å². The van der Waals surface area contributed by atoms with E-state index in [0.29, 0.717) is 13.1 Å². The molecule has 22 heavy (non-hydrogen) atoms. The van der Waals surface area contributed by atoms with Gasteiger partial charge in [0.2, 0.25) is 0 Å². The van der Waals surface area contributed by atoms with Gasteiger partial charge in [-0.15, -0.1) is 0 Å². The zero-order valence-electron chi connectivity index (χ0n) is 12.7. The Hall–Kier alpha value is -0.980. The van der Waals surface area contributed by atoms with Gasteiger partial charge in [0.25, 0.3) is 0 Å². The van der Waals surface area contributed by atoms with Gasteiger partial charge in [0.15, 0.2) is 9.84 Å². The Labute approximate surface area is 139 Å². The van der Waals surface area contributed by atoms with E-state index < -0.39 is 9.84 Å². The molecule has 1 aliphatic rings. The Morgan fingerprint density at radius 1 is 1.36 bits per heavy atom. The van der Waals surface area contributed by atoms with Gasteiger partial charge in [-0.3, -0.25) is 9.88 Å². The number of hydrogen-bond acceptors (Lipinski definition) is 4. The second-order valence-corrected chi connectivity index (χ2v) is 9.32. The van der Waals surface area contributed by atoms with Gasteiger partial charge < -0.3 is 0 Å². The lowest BCUT2D eigenvalue weighted by Crippen LogP contribution is -2.51. The van der Waals surface area contributed by atoms with Crippen LogP contribution in [0, 0.1) is 0 Å². The largest absolute Gasteiger partial charge is 0.294 e. The molecule has 0 spiro atoms. The van der Waals surface area contributed by atoms with Crippen molar-refractivity contribution in [1.82, 2.24) is 9.88 Å². The third-order valence-electron chi connectivity index (χ3n) is 4.61. The number of sulfone groups is 1. The molecule has 2 atom stereocenters. The van der Waals surface area contributed by atoms with Crippen molar-refractivity contribution in [2.75, 3.05) is 12.3 Å². The molecule has 1 aromatic heterocycles. The molecule has 3 rings (SSSR count). The maximum Gasteiger partial charge on any atom is 0.155 e. The molecule has 0 bridgehead atoms. The van der Waals surface area contributed by atoms with Gasteiger partial charge in [-0.2, -0.15) is 0 Å². The molecule has 0 radical (unpaired) electrons. The van der Waals surface area contributed by atoms with Gasteiger partial charge in [0, 0.05) is 35.2 Å². The van der Waals surface area contributed by atoms with Crippen LogP contribution in [0.15, 0.2) is 34.9 Å². The number of fused-ring (bicyclic) bond motifs is 1. The Morgan fingerprint density at radius 2 is 2.14 bits per heavy atom. The lowest BCUT2D eigenvalue weighted by atomic mass is 10.1. The van der Waals surface area contributed by atoms with Crippen LogP contribution in [0.4, 0.5) is 0 Å². The first kappa shape index (κ1) is 15.9. The van der Waals surface area contributed by atoms with Crippen molar-refractivity contribution >= 4 is 36.7 Å². The quantitative estimate of drug-likeness (QED) is 0.800. The third-order valence-corrected chi connectivity index (χ3v) is 7.34. The van der Waals surface area contributed by atoms with Crippen LogP contribution in [0.25, 0.3) is 10.9 Å². The summed E-state index contributed by atoms with van der Waals surface area (Å²) in [6.45, 7) is 5.10. The van der Waals surface area contributed by atoms with E-state index in [0.717, 1.165) is 20.9 Å². The van der Waals surface area contributed by atoms with Gasteiger partial charge in [0.05, 0.1) is 16.5 Å². The van der Waals surface area contributed by atoms with E-state index in [1.807, 2.05) is 26.0 Å². The lowest BCUT2D eigenvalue weighted by molar-refractivity contribution is 0.198. The molecule has 0 aliphatic carbocycles. The van der Waals surface area contributed by atoms with Gasteiger partial charge in [-0.25, -0.2) is 8.42 Å². The molecule has 2 heterocycles. The average molecular weight is 383 g/mol. The smallest absolute Gasteiger partial charge is 0.155 e. The molecule has 0 amide bonds. The predicted octanol–water partition coefficient (Wildman–Crippen LogP) is 3.00. The topological polar surface area (TPSA) is 50.3 Å². The van der Waals surface area contributed by atoms with Crippen molar-refractivity contribution in [3.05, 3.63) is 40.5 Å². The zero-order valence-corrected chi connectivity index (χ0v) is 15.1. The monoisotopic (exact) mass is 382 g/mol. The van der Waals surface area contributed by atoms with Crippen molar-refractivity contribution in [1.29, 1.82) is 0 Å². The summed E-state index contributed by atoms with van der Waals surface area (Å²) in [6, 6.07) is 8.12. The highest BCUT2D eigenvalue weighted by Crippen LogP contribution is 2.27. The minimum atomic E-state index is -2.95. The van der Waals surface area contributed by atoms with E-state index in [1.165, 1.54) is 0 Å². The maximum absolute atomic E-state index is 12.0. The highest BCUT2D eigenvalue weighted by molar-refractivity contribution is 9.10. The van der Waals surface area contributed by atoms with Crippen molar-refractivity contribution < 1.29 is 8.42 Å². The van der Waals surface area contributed by atoms with E-state index in [1.54, 1.807) is 6.20 Å². The molecule has 4 nitrogen and oxygen atoms in total. The summed E-state index contributed by atoms with van der Waals surface area (Å²) in [5, 5.41) is 0.768. The molecular weight excluding hydrogens is 364 g/mol. The van der Waals surface area contributed by atoms with E-state index in [9.17, 15) is 8.42 Å². The first-order chi connectivity index (χ1) is 10.4. The number of rotatable bonds is 2. The number of pyridine rings is 1. The summed E-state index contributed by atoms with van der Waals surface area (Å²) in [5.74, 6) is 0.234. The summed E-state index contributed by atoms with van der Waals surface area (Å²) in [6.07, 6.45) is 1.80. The maximum atomic E-state index is 12.0.